The van der Waals surface area contributed by atoms with Crippen molar-refractivity contribution < 1.29 is 24.0 Å². The predicted octanol–water partition coefficient (Wildman–Crippen LogP) is 4.12. The van der Waals surface area contributed by atoms with Crippen molar-refractivity contribution in [3.05, 3.63) is 61.6 Å². The summed E-state index contributed by atoms with van der Waals surface area (Å²) in [4.78, 5) is 33.7. The molecule has 142 valence electrons. The Bertz CT molecular complexity index is 890. The fourth-order valence-corrected chi connectivity index (χ4v) is 2.46. The molecule has 0 spiro atoms. The van der Waals surface area contributed by atoms with Crippen LogP contribution in [-0.2, 0) is 14.3 Å². The molecule has 0 saturated heterocycles. The maximum Gasteiger partial charge on any atom is 0.344 e. The largest absolute Gasteiger partial charge is 0.480 e. The van der Waals surface area contributed by atoms with Crippen molar-refractivity contribution in [2.75, 3.05) is 18.5 Å². The number of nitrogens with zero attached hydrogens (tertiary/aromatic N) is 1. The highest BCUT2D eigenvalue weighted by atomic mass is 35.5. The number of benzene rings is 2. The molecule has 1 amide bonds. The van der Waals surface area contributed by atoms with Crippen molar-refractivity contribution in [3.8, 4) is 5.75 Å². The van der Waals surface area contributed by atoms with Gasteiger partial charge in [-0.15, -0.1) is 0 Å². The second-order valence-electron chi connectivity index (χ2n) is 4.97. The van der Waals surface area contributed by atoms with E-state index >= 15 is 0 Å². The number of para-hydroxylation sites is 2. The number of rotatable bonds is 7. The van der Waals surface area contributed by atoms with Crippen LogP contribution in [-0.4, -0.2) is 30.0 Å². The van der Waals surface area contributed by atoms with Crippen molar-refractivity contribution in [2.45, 2.75) is 0 Å². The van der Waals surface area contributed by atoms with Gasteiger partial charge in [0.2, 0.25) is 0 Å². The number of hydrogen-bond donors (Lipinski definition) is 1. The van der Waals surface area contributed by atoms with Crippen LogP contribution in [0.3, 0.4) is 0 Å². The van der Waals surface area contributed by atoms with Crippen LogP contribution in [0.4, 0.5) is 11.4 Å². The minimum absolute atomic E-state index is 0.0117. The molecule has 2 aromatic rings. The molecule has 0 aliphatic heterocycles. The van der Waals surface area contributed by atoms with E-state index in [1.165, 1.54) is 36.4 Å². The van der Waals surface area contributed by atoms with Crippen LogP contribution < -0.4 is 10.1 Å². The number of halogens is 3. The maximum atomic E-state index is 11.8. The third-order valence-electron chi connectivity index (χ3n) is 3.06. The lowest BCUT2D eigenvalue weighted by molar-refractivity contribution is -0.383. The van der Waals surface area contributed by atoms with Gasteiger partial charge in [0.25, 0.3) is 11.6 Å². The number of nitro benzene ring substituents is 1. The van der Waals surface area contributed by atoms with Crippen LogP contribution in [0, 0.1) is 10.1 Å². The standard InChI is InChI=1S/C16H11Cl3N2O6/c17-9-5-11(19)14(6-10(9)18)26-8-16(23)27-7-15(22)20-12-3-1-2-4-13(12)21(24)25/h1-6H,7-8H2,(H,20,22). The molecule has 0 unspecified atom stereocenters. The average Bonchev–Trinajstić information content (AvgIpc) is 2.62. The minimum atomic E-state index is -0.852. The zero-order chi connectivity index (χ0) is 20.0. The second kappa shape index (κ2) is 9.40. The first kappa shape index (κ1) is 20.8. The first-order chi connectivity index (χ1) is 12.8. The van der Waals surface area contributed by atoms with Crippen molar-refractivity contribution in [2.24, 2.45) is 0 Å². The van der Waals surface area contributed by atoms with Gasteiger partial charge in [0.15, 0.2) is 13.2 Å². The average molecular weight is 434 g/mol. The highest BCUT2D eigenvalue weighted by Crippen LogP contribution is 2.33. The fourth-order valence-electron chi connectivity index (χ4n) is 1.86. The first-order valence-corrected chi connectivity index (χ1v) is 8.37. The van der Waals surface area contributed by atoms with E-state index in [1.807, 2.05) is 0 Å². The van der Waals surface area contributed by atoms with E-state index in [0.717, 1.165) is 0 Å². The molecule has 0 heterocycles. The maximum absolute atomic E-state index is 11.8. The van der Waals surface area contributed by atoms with Gasteiger partial charge in [-0.2, -0.15) is 0 Å². The molecule has 0 radical (unpaired) electrons. The Hall–Kier alpha value is -2.55. The molecule has 0 aromatic heterocycles. The normalized spacial score (nSPS) is 10.2. The number of nitrogens with one attached hydrogen (secondary N) is 1. The van der Waals surface area contributed by atoms with E-state index in [1.54, 1.807) is 0 Å². The predicted molar refractivity (Wildman–Crippen MR) is 99.7 cm³/mol. The number of carbonyl (C=O) groups is 2. The Morgan fingerprint density at radius 2 is 1.70 bits per heavy atom. The lowest BCUT2D eigenvalue weighted by Gasteiger charge is -2.10. The number of anilines is 1. The van der Waals surface area contributed by atoms with Gasteiger partial charge in [0.05, 0.1) is 20.0 Å². The molecule has 1 N–H and O–H groups in total. The molecule has 0 aliphatic rings. The summed E-state index contributed by atoms with van der Waals surface area (Å²) in [5.74, 6) is -1.48. The van der Waals surface area contributed by atoms with Crippen LogP contribution in [0.5, 0.6) is 5.75 Å². The quantitative estimate of drug-likeness (QED) is 0.305. The highest BCUT2D eigenvalue weighted by Gasteiger charge is 2.16. The van der Waals surface area contributed by atoms with E-state index in [-0.39, 0.29) is 32.2 Å². The number of hydrogen-bond acceptors (Lipinski definition) is 6. The lowest BCUT2D eigenvalue weighted by atomic mass is 10.2. The van der Waals surface area contributed by atoms with E-state index in [9.17, 15) is 19.7 Å². The van der Waals surface area contributed by atoms with Gasteiger partial charge in [-0.25, -0.2) is 4.79 Å². The molecular formula is C16H11Cl3N2O6. The summed E-state index contributed by atoms with van der Waals surface area (Å²) in [5.41, 5.74) is -0.294. The Labute approximate surface area is 168 Å². The van der Waals surface area contributed by atoms with Crippen LogP contribution in [0.15, 0.2) is 36.4 Å². The molecule has 2 rings (SSSR count). The number of ether oxygens (including phenoxy) is 2. The van der Waals surface area contributed by atoms with Gasteiger partial charge >= 0.3 is 5.97 Å². The SMILES string of the molecule is O=C(COC(=O)COc1cc(Cl)c(Cl)cc1Cl)Nc1ccccc1[N+](=O)[O-]. The third kappa shape index (κ3) is 5.99. The van der Waals surface area contributed by atoms with Gasteiger partial charge in [-0.1, -0.05) is 46.9 Å². The van der Waals surface area contributed by atoms with Gasteiger partial charge in [-0.3, -0.25) is 14.9 Å². The molecule has 0 atom stereocenters. The highest BCUT2D eigenvalue weighted by molar-refractivity contribution is 6.43. The molecule has 2 aromatic carbocycles. The zero-order valence-corrected chi connectivity index (χ0v) is 15.7. The number of amides is 1. The minimum Gasteiger partial charge on any atom is -0.480 e. The van der Waals surface area contributed by atoms with Gasteiger partial charge < -0.3 is 14.8 Å². The van der Waals surface area contributed by atoms with Crippen molar-refractivity contribution >= 4 is 58.1 Å². The smallest absolute Gasteiger partial charge is 0.344 e. The summed E-state index contributed by atoms with van der Waals surface area (Å²) in [5, 5.41) is 13.7. The van der Waals surface area contributed by atoms with Gasteiger partial charge in [0.1, 0.15) is 11.4 Å². The van der Waals surface area contributed by atoms with E-state index in [4.69, 9.17) is 44.3 Å². The summed E-state index contributed by atoms with van der Waals surface area (Å²) < 4.78 is 9.91. The second-order valence-corrected chi connectivity index (χ2v) is 6.19. The third-order valence-corrected chi connectivity index (χ3v) is 4.08. The lowest BCUT2D eigenvalue weighted by Crippen LogP contribution is -2.24. The number of esters is 1. The summed E-state index contributed by atoms with van der Waals surface area (Å²) in [6, 6.07) is 8.25. The molecular weight excluding hydrogens is 423 g/mol. The molecule has 0 saturated carbocycles. The summed E-state index contributed by atoms with van der Waals surface area (Å²) >= 11 is 17.5. The van der Waals surface area contributed by atoms with Crippen LogP contribution in [0.25, 0.3) is 0 Å². The zero-order valence-electron chi connectivity index (χ0n) is 13.4. The Morgan fingerprint density at radius 1 is 1.04 bits per heavy atom. The topological polar surface area (TPSA) is 108 Å². The molecule has 8 nitrogen and oxygen atoms in total. The molecule has 0 fully saturated rings. The van der Waals surface area contributed by atoms with Gasteiger partial charge in [-0.05, 0) is 12.1 Å². The van der Waals surface area contributed by atoms with Crippen molar-refractivity contribution in [1.82, 2.24) is 0 Å². The van der Waals surface area contributed by atoms with Crippen LogP contribution in [0.2, 0.25) is 15.1 Å². The molecule has 0 aliphatic carbocycles. The first-order valence-electron chi connectivity index (χ1n) is 7.24. The van der Waals surface area contributed by atoms with E-state index in [2.05, 4.69) is 5.32 Å². The number of carbonyl (C=O) groups excluding carboxylic acids is 2. The van der Waals surface area contributed by atoms with Crippen molar-refractivity contribution in [3.63, 3.8) is 0 Å². The Kier molecular flexibility index (Phi) is 7.23. The summed E-state index contributed by atoms with van der Waals surface area (Å²) in [6.07, 6.45) is 0. The molecule has 27 heavy (non-hydrogen) atoms. The summed E-state index contributed by atoms with van der Waals surface area (Å²) in [7, 11) is 0. The molecule has 11 heteroatoms. The van der Waals surface area contributed by atoms with E-state index in [0.29, 0.717) is 0 Å². The van der Waals surface area contributed by atoms with Crippen molar-refractivity contribution in [1.29, 1.82) is 0 Å². The van der Waals surface area contributed by atoms with Crippen LogP contribution >= 0.6 is 34.8 Å². The van der Waals surface area contributed by atoms with E-state index < -0.39 is 30.0 Å². The fraction of sp³-hybridized carbons (Fsp3) is 0.125. The number of nitro groups is 1. The Balaban J connectivity index is 1.85. The Morgan fingerprint density at radius 3 is 2.41 bits per heavy atom. The monoisotopic (exact) mass is 432 g/mol. The molecule has 0 bridgehead atoms. The van der Waals surface area contributed by atoms with Crippen LogP contribution in [0.1, 0.15) is 0 Å². The van der Waals surface area contributed by atoms with Gasteiger partial charge in [0, 0.05) is 12.1 Å². The summed E-state index contributed by atoms with van der Waals surface area (Å²) in [6.45, 7) is -1.18.